The zero-order chi connectivity index (χ0) is 14.7. The Morgan fingerprint density at radius 3 is 2.65 bits per heavy atom. The van der Waals surface area contributed by atoms with Crippen LogP contribution in [0.25, 0.3) is 0 Å². The Morgan fingerprint density at radius 1 is 1.40 bits per heavy atom. The number of methoxy groups -OCH3 is 1. The largest absolute Gasteiger partial charge is 0.481 e. The molecule has 0 aliphatic carbocycles. The second kappa shape index (κ2) is 5.96. The number of rotatable bonds is 4. The Morgan fingerprint density at radius 2 is 2.05 bits per heavy atom. The molecule has 6 heteroatoms. The van der Waals surface area contributed by atoms with Gasteiger partial charge in [0.25, 0.3) is 5.91 Å². The Bertz CT molecular complexity index is 620. The summed E-state index contributed by atoms with van der Waals surface area (Å²) >= 11 is 5.82. The number of nitrogens with one attached hydrogen (secondary N) is 1. The molecule has 1 N–H and O–H groups in total. The van der Waals surface area contributed by atoms with Gasteiger partial charge >= 0.3 is 0 Å². The molecule has 1 aromatic heterocycles. The van der Waals surface area contributed by atoms with Gasteiger partial charge in [-0.25, -0.2) is 4.68 Å². The first kappa shape index (κ1) is 14.4. The maximum Gasteiger partial charge on any atom is 0.258 e. The Hall–Kier alpha value is -2.01. The minimum absolute atomic E-state index is 0.206. The predicted molar refractivity (Wildman–Crippen MR) is 77.1 cm³/mol. The summed E-state index contributed by atoms with van der Waals surface area (Å²) in [5, 5.41) is 7.70. The van der Waals surface area contributed by atoms with E-state index in [1.807, 2.05) is 12.1 Å². The zero-order valence-electron chi connectivity index (χ0n) is 11.6. The summed E-state index contributed by atoms with van der Waals surface area (Å²) in [6.07, 6.45) is 0. The predicted octanol–water partition coefficient (Wildman–Crippen LogP) is 2.32. The van der Waals surface area contributed by atoms with E-state index in [0.29, 0.717) is 28.7 Å². The number of hydrogen-bond donors (Lipinski definition) is 1. The molecule has 1 amide bonds. The van der Waals surface area contributed by atoms with Gasteiger partial charge in [-0.15, -0.1) is 0 Å². The Labute approximate surface area is 122 Å². The quantitative estimate of drug-likeness (QED) is 0.941. The summed E-state index contributed by atoms with van der Waals surface area (Å²) in [5.74, 6) is 0.249. The molecule has 106 valence electrons. The van der Waals surface area contributed by atoms with Crippen molar-refractivity contribution in [2.45, 2.75) is 13.5 Å². The number of aryl methyl sites for hydroxylation is 2. The number of hydrogen-bond acceptors (Lipinski definition) is 3. The van der Waals surface area contributed by atoms with Gasteiger partial charge in [0, 0.05) is 18.6 Å². The molecule has 5 nitrogen and oxygen atoms in total. The summed E-state index contributed by atoms with van der Waals surface area (Å²) in [5.41, 5.74) is 2.07. The number of benzene rings is 1. The number of amides is 1. The lowest BCUT2D eigenvalue weighted by molar-refractivity contribution is 0.0947. The zero-order valence-corrected chi connectivity index (χ0v) is 12.4. The lowest BCUT2D eigenvalue weighted by Crippen LogP contribution is -2.23. The van der Waals surface area contributed by atoms with E-state index >= 15 is 0 Å². The van der Waals surface area contributed by atoms with Crippen LogP contribution in [0.2, 0.25) is 5.02 Å². The van der Waals surface area contributed by atoms with Crippen molar-refractivity contribution < 1.29 is 9.53 Å². The molecule has 0 unspecified atom stereocenters. The van der Waals surface area contributed by atoms with Crippen LogP contribution in [0.4, 0.5) is 0 Å². The fraction of sp³-hybridized carbons (Fsp3) is 0.286. The van der Waals surface area contributed by atoms with Gasteiger partial charge in [-0.3, -0.25) is 4.79 Å². The van der Waals surface area contributed by atoms with Gasteiger partial charge in [-0.05, 0) is 24.6 Å². The SMILES string of the molecule is COc1c(C(=O)NCc2ccc(Cl)cc2)c(C)nn1C. The van der Waals surface area contributed by atoms with Crippen LogP contribution in [0.15, 0.2) is 24.3 Å². The molecule has 0 fully saturated rings. The smallest absolute Gasteiger partial charge is 0.258 e. The summed E-state index contributed by atoms with van der Waals surface area (Å²) in [6, 6.07) is 7.32. The number of carbonyl (C=O) groups excluding carboxylic acids is 1. The van der Waals surface area contributed by atoms with Crippen LogP contribution >= 0.6 is 11.6 Å². The van der Waals surface area contributed by atoms with E-state index in [0.717, 1.165) is 5.56 Å². The molecular formula is C14H16ClN3O2. The van der Waals surface area contributed by atoms with Crippen molar-refractivity contribution in [2.24, 2.45) is 7.05 Å². The van der Waals surface area contributed by atoms with Crippen LogP contribution in [0.5, 0.6) is 5.88 Å². The minimum Gasteiger partial charge on any atom is -0.481 e. The van der Waals surface area contributed by atoms with Crippen molar-refractivity contribution in [3.8, 4) is 5.88 Å². The molecule has 0 aliphatic heterocycles. The summed E-state index contributed by atoms with van der Waals surface area (Å²) in [4.78, 5) is 12.2. The number of aromatic nitrogens is 2. The van der Waals surface area contributed by atoms with Crippen molar-refractivity contribution in [3.63, 3.8) is 0 Å². The fourth-order valence-electron chi connectivity index (χ4n) is 2.01. The average Bonchev–Trinajstić information content (AvgIpc) is 2.71. The van der Waals surface area contributed by atoms with Gasteiger partial charge in [0.1, 0.15) is 5.56 Å². The normalized spacial score (nSPS) is 10.4. The first-order chi connectivity index (χ1) is 9.52. The summed E-state index contributed by atoms with van der Waals surface area (Å²) < 4.78 is 6.76. The summed E-state index contributed by atoms with van der Waals surface area (Å²) in [6.45, 7) is 2.20. The van der Waals surface area contributed by atoms with Crippen LogP contribution in [0.3, 0.4) is 0 Å². The minimum atomic E-state index is -0.206. The molecular weight excluding hydrogens is 278 g/mol. The average molecular weight is 294 g/mol. The van der Waals surface area contributed by atoms with Gasteiger partial charge in [-0.2, -0.15) is 5.10 Å². The molecule has 0 bridgehead atoms. The molecule has 1 aromatic carbocycles. The highest BCUT2D eigenvalue weighted by Gasteiger charge is 2.20. The van der Waals surface area contributed by atoms with Crippen molar-refractivity contribution >= 4 is 17.5 Å². The lowest BCUT2D eigenvalue weighted by Gasteiger charge is -2.07. The van der Waals surface area contributed by atoms with Crippen LogP contribution in [0.1, 0.15) is 21.6 Å². The van der Waals surface area contributed by atoms with Gasteiger partial charge in [-0.1, -0.05) is 23.7 Å². The van der Waals surface area contributed by atoms with Crippen molar-refractivity contribution in [1.29, 1.82) is 0 Å². The lowest BCUT2D eigenvalue weighted by atomic mass is 10.2. The Balaban J connectivity index is 2.11. The van der Waals surface area contributed by atoms with Crippen molar-refractivity contribution in [2.75, 3.05) is 7.11 Å². The van der Waals surface area contributed by atoms with E-state index in [4.69, 9.17) is 16.3 Å². The second-order valence-electron chi connectivity index (χ2n) is 4.40. The van der Waals surface area contributed by atoms with Gasteiger partial charge in [0.05, 0.1) is 12.8 Å². The van der Waals surface area contributed by atoms with Gasteiger partial charge in [0.2, 0.25) is 5.88 Å². The van der Waals surface area contributed by atoms with Crippen LogP contribution in [-0.2, 0) is 13.6 Å². The molecule has 0 aliphatic rings. The number of nitrogens with zero attached hydrogens (tertiary/aromatic N) is 2. The standard InChI is InChI=1S/C14H16ClN3O2/c1-9-12(14(20-3)18(2)17-9)13(19)16-8-10-4-6-11(15)7-5-10/h4-7H,8H2,1-3H3,(H,16,19). The molecule has 0 atom stereocenters. The first-order valence-electron chi connectivity index (χ1n) is 6.13. The highest BCUT2D eigenvalue weighted by Crippen LogP contribution is 2.20. The van der Waals surface area contributed by atoms with Crippen LogP contribution in [0, 0.1) is 6.92 Å². The molecule has 2 aromatic rings. The molecule has 20 heavy (non-hydrogen) atoms. The second-order valence-corrected chi connectivity index (χ2v) is 4.84. The molecule has 0 saturated carbocycles. The number of halogens is 1. The maximum atomic E-state index is 12.2. The molecule has 2 rings (SSSR count). The third kappa shape index (κ3) is 2.93. The first-order valence-corrected chi connectivity index (χ1v) is 6.51. The highest BCUT2D eigenvalue weighted by molar-refractivity contribution is 6.30. The van der Waals surface area contributed by atoms with E-state index in [1.165, 1.54) is 7.11 Å². The molecule has 0 radical (unpaired) electrons. The molecule has 0 saturated heterocycles. The molecule has 1 heterocycles. The maximum absolute atomic E-state index is 12.2. The third-order valence-corrected chi connectivity index (χ3v) is 3.21. The fourth-order valence-corrected chi connectivity index (χ4v) is 2.13. The highest BCUT2D eigenvalue weighted by atomic mass is 35.5. The van der Waals surface area contributed by atoms with E-state index in [2.05, 4.69) is 10.4 Å². The topological polar surface area (TPSA) is 56.1 Å². The van der Waals surface area contributed by atoms with Crippen LogP contribution in [-0.4, -0.2) is 22.8 Å². The van der Waals surface area contributed by atoms with E-state index in [9.17, 15) is 4.79 Å². The van der Waals surface area contributed by atoms with Crippen molar-refractivity contribution in [1.82, 2.24) is 15.1 Å². The van der Waals surface area contributed by atoms with E-state index in [-0.39, 0.29) is 5.91 Å². The molecule has 0 spiro atoms. The third-order valence-electron chi connectivity index (χ3n) is 2.96. The van der Waals surface area contributed by atoms with Gasteiger partial charge in [0.15, 0.2) is 0 Å². The number of carbonyl (C=O) groups is 1. The van der Waals surface area contributed by atoms with Crippen molar-refractivity contribution in [3.05, 3.63) is 46.1 Å². The van der Waals surface area contributed by atoms with Crippen LogP contribution < -0.4 is 10.1 Å². The van der Waals surface area contributed by atoms with E-state index < -0.39 is 0 Å². The number of ether oxygens (including phenoxy) is 1. The summed E-state index contributed by atoms with van der Waals surface area (Å²) in [7, 11) is 3.26. The van der Waals surface area contributed by atoms with Gasteiger partial charge < -0.3 is 10.1 Å². The van der Waals surface area contributed by atoms with E-state index in [1.54, 1.807) is 30.8 Å². The monoisotopic (exact) mass is 293 g/mol. The Kier molecular flexibility index (Phi) is 4.29.